The molecule has 0 bridgehead atoms. The standard InChI is InChI=1S/C16H15Cl2NO4/c1-9(2)11-8-10(4-7-14(11)22-3)23-16-12(17)5-6-13(15(16)18)19(20)21/h4-9H,1-3H3. The molecule has 0 radical (unpaired) electrons. The molecule has 0 saturated carbocycles. The fourth-order valence-corrected chi connectivity index (χ4v) is 2.62. The zero-order valence-electron chi connectivity index (χ0n) is 12.8. The van der Waals surface area contributed by atoms with Gasteiger partial charge in [-0.3, -0.25) is 10.1 Å². The van der Waals surface area contributed by atoms with Gasteiger partial charge in [-0.05, 0) is 30.2 Å². The van der Waals surface area contributed by atoms with Crippen LogP contribution in [-0.2, 0) is 0 Å². The maximum Gasteiger partial charge on any atom is 0.291 e. The van der Waals surface area contributed by atoms with E-state index in [9.17, 15) is 10.1 Å². The summed E-state index contributed by atoms with van der Waals surface area (Å²) in [6, 6.07) is 7.88. The van der Waals surface area contributed by atoms with Crippen LogP contribution in [0, 0.1) is 10.1 Å². The van der Waals surface area contributed by atoms with Crippen molar-refractivity contribution < 1.29 is 14.4 Å². The van der Waals surface area contributed by atoms with Crippen molar-refractivity contribution >= 4 is 28.9 Å². The predicted octanol–water partition coefficient (Wildman–Crippen LogP) is 5.83. The van der Waals surface area contributed by atoms with Crippen molar-refractivity contribution in [1.29, 1.82) is 0 Å². The van der Waals surface area contributed by atoms with Crippen LogP contribution in [-0.4, -0.2) is 12.0 Å². The lowest BCUT2D eigenvalue weighted by atomic mass is 10.0. The van der Waals surface area contributed by atoms with Crippen molar-refractivity contribution in [2.45, 2.75) is 19.8 Å². The SMILES string of the molecule is COc1ccc(Oc2c(Cl)ccc([N+](=O)[O-])c2Cl)cc1C(C)C. The van der Waals surface area contributed by atoms with Gasteiger partial charge >= 0.3 is 0 Å². The summed E-state index contributed by atoms with van der Waals surface area (Å²) in [5.41, 5.74) is 0.686. The fourth-order valence-electron chi connectivity index (χ4n) is 2.10. The molecule has 0 aromatic heterocycles. The summed E-state index contributed by atoms with van der Waals surface area (Å²) in [6.45, 7) is 4.05. The summed E-state index contributed by atoms with van der Waals surface area (Å²) < 4.78 is 11.0. The van der Waals surface area contributed by atoms with Gasteiger partial charge in [-0.25, -0.2) is 0 Å². The Kier molecular flexibility index (Phi) is 5.34. The van der Waals surface area contributed by atoms with Crippen molar-refractivity contribution in [2.75, 3.05) is 7.11 Å². The minimum Gasteiger partial charge on any atom is -0.496 e. The van der Waals surface area contributed by atoms with Gasteiger partial charge in [-0.1, -0.05) is 37.0 Å². The Morgan fingerprint density at radius 1 is 1.17 bits per heavy atom. The van der Waals surface area contributed by atoms with E-state index in [-0.39, 0.29) is 27.4 Å². The number of hydrogen-bond donors (Lipinski definition) is 0. The number of nitrogens with zero attached hydrogens (tertiary/aromatic N) is 1. The average molecular weight is 356 g/mol. The first kappa shape index (κ1) is 17.4. The van der Waals surface area contributed by atoms with Gasteiger partial charge in [0.05, 0.1) is 17.1 Å². The van der Waals surface area contributed by atoms with E-state index < -0.39 is 4.92 Å². The van der Waals surface area contributed by atoms with Crippen LogP contribution in [0.4, 0.5) is 5.69 Å². The second kappa shape index (κ2) is 7.06. The molecule has 7 heteroatoms. The van der Waals surface area contributed by atoms with E-state index in [0.717, 1.165) is 11.3 Å². The number of nitro groups is 1. The van der Waals surface area contributed by atoms with Crippen LogP contribution in [0.15, 0.2) is 30.3 Å². The molecule has 0 unspecified atom stereocenters. The van der Waals surface area contributed by atoms with Crippen LogP contribution in [0.5, 0.6) is 17.2 Å². The Labute approximate surface area is 143 Å². The van der Waals surface area contributed by atoms with Gasteiger partial charge < -0.3 is 9.47 Å². The Morgan fingerprint density at radius 3 is 2.43 bits per heavy atom. The van der Waals surface area contributed by atoms with E-state index in [0.29, 0.717) is 5.75 Å². The van der Waals surface area contributed by atoms with E-state index in [1.807, 2.05) is 13.8 Å². The van der Waals surface area contributed by atoms with E-state index in [1.165, 1.54) is 12.1 Å². The first-order valence-electron chi connectivity index (χ1n) is 6.83. The first-order valence-corrected chi connectivity index (χ1v) is 7.59. The van der Waals surface area contributed by atoms with Crippen molar-refractivity contribution in [1.82, 2.24) is 0 Å². The van der Waals surface area contributed by atoms with Crippen molar-refractivity contribution in [3.8, 4) is 17.2 Å². The molecule has 5 nitrogen and oxygen atoms in total. The maximum absolute atomic E-state index is 11.0. The van der Waals surface area contributed by atoms with Crippen LogP contribution in [0.1, 0.15) is 25.3 Å². The van der Waals surface area contributed by atoms with Crippen LogP contribution in [0.25, 0.3) is 0 Å². The Bertz CT molecular complexity index is 747. The zero-order chi connectivity index (χ0) is 17.1. The van der Waals surface area contributed by atoms with Crippen LogP contribution < -0.4 is 9.47 Å². The molecule has 0 spiro atoms. The second-order valence-corrected chi connectivity index (χ2v) is 5.91. The van der Waals surface area contributed by atoms with Crippen molar-refractivity contribution in [3.05, 3.63) is 56.1 Å². The third-order valence-corrected chi connectivity index (χ3v) is 3.93. The number of benzene rings is 2. The van der Waals surface area contributed by atoms with Crippen molar-refractivity contribution in [3.63, 3.8) is 0 Å². The third-order valence-electron chi connectivity index (χ3n) is 3.27. The Morgan fingerprint density at radius 2 is 1.87 bits per heavy atom. The maximum atomic E-state index is 11.0. The lowest BCUT2D eigenvalue weighted by molar-refractivity contribution is -0.384. The number of nitro benzene ring substituents is 1. The van der Waals surface area contributed by atoms with E-state index in [2.05, 4.69) is 0 Å². The average Bonchev–Trinajstić information content (AvgIpc) is 2.50. The molecule has 0 heterocycles. The van der Waals surface area contributed by atoms with Gasteiger partial charge in [0.2, 0.25) is 0 Å². The molecule has 2 aromatic carbocycles. The fraction of sp³-hybridized carbons (Fsp3) is 0.250. The first-order chi connectivity index (χ1) is 10.8. The highest BCUT2D eigenvalue weighted by molar-refractivity contribution is 6.38. The smallest absolute Gasteiger partial charge is 0.291 e. The molecule has 0 saturated heterocycles. The normalized spacial score (nSPS) is 10.7. The number of rotatable bonds is 5. The lowest BCUT2D eigenvalue weighted by Gasteiger charge is -2.15. The molecule has 0 aliphatic carbocycles. The summed E-state index contributed by atoms with van der Waals surface area (Å²) in [7, 11) is 1.59. The van der Waals surface area contributed by atoms with E-state index in [4.69, 9.17) is 32.7 Å². The van der Waals surface area contributed by atoms with E-state index >= 15 is 0 Å². The molecule has 0 aliphatic rings. The number of ether oxygens (including phenoxy) is 2. The van der Waals surface area contributed by atoms with Gasteiger partial charge in [0, 0.05) is 11.6 Å². The molecule has 0 atom stereocenters. The quantitative estimate of drug-likeness (QED) is 0.500. The molecule has 0 amide bonds. The molecule has 0 fully saturated rings. The third kappa shape index (κ3) is 3.68. The second-order valence-electron chi connectivity index (χ2n) is 5.13. The Hall–Kier alpha value is -1.98. The topological polar surface area (TPSA) is 61.6 Å². The van der Waals surface area contributed by atoms with E-state index in [1.54, 1.807) is 25.3 Å². The minimum atomic E-state index is -0.584. The lowest BCUT2D eigenvalue weighted by Crippen LogP contribution is -1.96. The molecular weight excluding hydrogens is 341 g/mol. The van der Waals surface area contributed by atoms with Gasteiger partial charge in [-0.15, -0.1) is 0 Å². The predicted molar refractivity (Wildman–Crippen MR) is 90.3 cm³/mol. The van der Waals surface area contributed by atoms with Crippen LogP contribution >= 0.6 is 23.2 Å². The van der Waals surface area contributed by atoms with Gasteiger partial charge in [0.15, 0.2) is 10.8 Å². The van der Waals surface area contributed by atoms with Crippen LogP contribution in [0.3, 0.4) is 0 Å². The highest BCUT2D eigenvalue weighted by Crippen LogP contribution is 2.42. The van der Waals surface area contributed by atoms with Crippen LogP contribution in [0.2, 0.25) is 10.0 Å². The monoisotopic (exact) mass is 355 g/mol. The van der Waals surface area contributed by atoms with Crippen molar-refractivity contribution in [2.24, 2.45) is 0 Å². The molecular formula is C16H15Cl2NO4. The number of methoxy groups -OCH3 is 1. The van der Waals surface area contributed by atoms with Gasteiger partial charge in [-0.2, -0.15) is 0 Å². The summed E-state index contributed by atoms with van der Waals surface area (Å²) >= 11 is 12.1. The minimum absolute atomic E-state index is 0.0578. The van der Waals surface area contributed by atoms with Gasteiger partial charge in [0.25, 0.3) is 5.69 Å². The summed E-state index contributed by atoms with van der Waals surface area (Å²) in [6.07, 6.45) is 0. The molecule has 2 aromatic rings. The summed E-state index contributed by atoms with van der Waals surface area (Å²) in [5.74, 6) is 1.48. The Balaban J connectivity index is 2.45. The van der Waals surface area contributed by atoms with Gasteiger partial charge in [0.1, 0.15) is 11.5 Å². The number of hydrogen-bond acceptors (Lipinski definition) is 4. The highest BCUT2D eigenvalue weighted by Gasteiger charge is 2.21. The molecule has 2 rings (SSSR count). The molecule has 0 N–H and O–H groups in total. The molecule has 23 heavy (non-hydrogen) atoms. The molecule has 0 aliphatic heterocycles. The summed E-state index contributed by atoms with van der Waals surface area (Å²) in [4.78, 5) is 10.4. The number of halogens is 2. The highest BCUT2D eigenvalue weighted by atomic mass is 35.5. The zero-order valence-corrected chi connectivity index (χ0v) is 14.3. The summed E-state index contributed by atoms with van der Waals surface area (Å²) in [5, 5.41) is 11.0. The molecule has 122 valence electrons. The largest absolute Gasteiger partial charge is 0.496 e.